The van der Waals surface area contributed by atoms with Gasteiger partial charge in [-0.05, 0) is 32.3 Å². The van der Waals surface area contributed by atoms with Gasteiger partial charge in [-0.3, -0.25) is 9.59 Å². The van der Waals surface area contributed by atoms with Crippen molar-refractivity contribution in [2.24, 2.45) is 0 Å². The second kappa shape index (κ2) is 7.11. The number of carbonyl (C=O) groups excluding carboxylic acids is 2. The lowest BCUT2D eigenvalue weighted by Gasteiger charge is -2.31. The van der Waals surface area contributed by atoms with Crippen molar-refractivity contribution < 1.29 is 18.7 Å². The van der Waals surface area contributed by atoms with E-state index in [-0.39, 0.29) is 24.3 Å². The molecule has 2 aliphatic rings. The Kier molecular flexibility index (Phi) is 4.68. The number of likely N-dealkylation sites (tertiary alicyclic amines) is 1. The van der Waals surface area contributed by atoms with Gasteiger partial charge >= 0.3 is 0 Å². The summed E-state index contributed by atoms with van der Waals surface area (Å²) in [5.74, 6) is 0.661. The van der Waals surface area contributed by atoms with E-state index in [4.69, 9.17) is 9.15 Å². The SMILES string of the molecule is Cc1oc2ccccc2c1CC(=O)NC1CCN(C2CCOCC2)C1=O. The molecule has 0 aliphatic carbocycles. The number of rotatable bonds is 4. The Morgan fingerprint density at radius 1 is 1.23 bits per heavy atom. The van der Waals surface area contributed by atoms with E-state index in [2.05, 4.69) is 5.32 Å². The minimum atomic E-state index is -0.413. The molecule has 26 heavy (non-hydrogen) atoms. The van der Waals surface area contributed by atoms with Gasteiger partial charge in [0.05, 0.1) is 6.42 Å². The molecule has 1 atom stereocenters. The van der Waals surface area contributed by atoms with Crippen LogP contribution in [0.2, 0.25) is 0 Å². The van der Waals surface area contributed by atoms with E-state index < -0.39 is 6.04 Å². The molecule has 0 spiro atoms. The summed E-state index contributed by atoms with van der Waals surface area (Å²) in [7, 11) is 0. The number of amides is 2. The van der Waals surface area contributed by atoms with E-state index in [0.29, 0.717) is 26.2 Å². The monoisotopic (exact) mass is 356 g/mol. The zero-order valence-corrected chi connectivity index (χ0v) is 15.0. The third-order valence-electron chi connectivity index (χ3n) is 5.44. The lowest BCUT2D eigenvalue weighted by Crippen LogP contribution is -2.46. The van der Waals surface area contributed by atoms with E-state index >= 15 is 0 Å². The normalized spacial score (nSPS) is 21.5. The van der Waals surface area contributed by atoms with Crippen molar-refractivity contribution in [3.63, 3.8) is 0 Å². The van der Waals surface area contributed by atoms with Crippen molar-refractivity contribution in [1.82, 2.24) is 10.2 Å². The Morgan fingerprint density at radius 2 is 2.00 bits per heavy atom. The molecule has 2 amide bonds. The van der Waals surface area contributed by atoms with Gasteiger partial charge in [-0.25, -0.2) is 0 Å². The molecule has 0 radical (unpaired) electrons. The van der Waals surface area contributed by atoms with Crippen LogP contribution >= 0.6 is 0 Å². The fourth-order valence-electron chi connectivity index (χ4n) is 4.04. The van der Waals surface area contributed by atoms with Crippen molar-refractivity contribution in [3.05, 3.63) is 35.6 Å². The fraction of sp³-hybridized carbons (Fsp3) is 0.500. The van der Waals surface area contributed by atoms with Crippen LogP contribution in [-0.2, 0) is 20.7 Å². The summed E-state index contributed by atoms with van der Waals surface area (Å²) in [6, 6.07) is 7.54. The predicted octanol–water partition coefficient (Wildman–Crippen LogP) is 2.18. The van der Waals surface area contributed by atoms with Crippen molar-refractivity contribution in [2.45, 2.75) is 44.7 Å². The highest BCUT2D eigenvalue weighted by Gasteiger charge is 2.37. The van der Waals surface area contributed by atoms with E-state index in [0.717, 1.165) is 35.1 Å². The van der Waals surface area contributed by atoms with E-state index in [1.54, 1.807) is 0 Å². The summed E-state index contributed by atoms with van der Waals surface area (Å²) in [5.41, 5.74) is 1.68. The number of fused-ring (bicyclic) bond motifs is 1. The van der Waals surface area contributed by atoms with Crippen LogP contribution in [0.25, 0.3) is 11.0 Å². The minimum absolute atomic E-state index is 0.0408. The Labute approximate surface area is 152 Å². The lowest BCUT2D eigenvalue weighted by atomic mass is 10.1. The highest BCUT2D eigenvalue weighted by Crippen LogP contribution is 2.26. The van der Waals surface area contributed by atoms with Gasteiger partial charge in [-0.2, -0.15) is 0 Å². The molecule has 2 aliphatic heterocycles. The number of hydrogen-bond donors (Lipinski definition) is 1. The molecule has 1 N–H and O–H groups in total. The molecule has 2 fully saturated rings. The summed E-state index contributed by atoms with van der Waals surface area (Å²) >= 11 is 0. The topological polar surface area (TPSA) is 71.8 Å². The molecular formula is C20H24N2O4. The summed E-state index contributed by atoms with van der Waals surface area (Å²) < 4.78 is 11.1. The van der Waals surface area contributed by atoms with E-state index in [9.17, 15) is 9.59 Å². The number of nitrogens with zero attached hydrogens (tertiary/aromatic N) is 1. The van der Waals surface area contributed by atoms with Crippen LogP contribution in [0.3, 0.4) is 0 Å². The number of ether oxygens (including phenoxy) is 1. The van der Waals surface area contributed by atoms with Gasteiger partial charge in [-0.15, -0.1) is 0 Å². The Hall–Kier alpha value is -2.34. The Balaban J connectivity index is 1.40. The Morgan fingerprint density at radius 3 is 2.81 bits per heavy atom. The number of benzene rings is 1. The summed E-state index contributed by atoms with van der Waals surface area (Å²) in [6.07, 6.45) is 2.66. The van der Waals surface area contributed by atoms with Gasteiger partial charge in [-0.1, -0.05) is 18.2 Å². The third kappa shape index (κ3) is 3.21. The Bertz CT molecular complexity index is 822. The highest BCUT2D eigenvalue weighted by atomic mass is 16.5. The third-order valence-corrected chi connectivity index (χ3v) is 5.44. The smallest absolute Gasteiger partial charge is 0.245 e. The van der Waals surface area contributed by atoms with Crippen LogP contribution < -0.4 is 5.32 Å². The number of aryl methyl sites for hydroxylation is 1. The molecule has 138 valence electrons. The minimum Gasteiger partial charge on any atom is -0.461 e. The highest BCUT2D eigenvalue weighted by molar-refractivity contribution is 5.92. The second-order valence-electron chi connectivity index (χ2n) is 7.09. The first-order chi connectivity index (χ1) is 12.6. The van der Waals surface area contributed by atoms with Gasteiger partial charge in [0, 0.05) is 36.8 Å². The van der Waals surface area contributed by atoms with Gasteiger partial charge in [0.2, 0.25) is 11.8 Å². The fourth-order valence-corrected chi connectivity index (χ4v) is 4.04. The van der Waals surface area contributed by atoms with Crippen LogP contribution in [0.5, 0.6) is 0 Å². The van der Waals surface area contributed by atoms with Crippen molar-refractivity contribution in [3.8, 4) is 0 Å². The molecule has 1 aromatic heterocycles. The van der Waals surface area contributed by atoms with Gasteiger partial charge in [0.15, 0.2) is 0 Å². The number of para-hydroxylation sites is 1. The molecule has 0 bridgehead atoms. The maximum atomic E-state index is 12.7. The first-order valence-corrected chi connectivity index (χ1v) is 9.28. The van der Waals surface area contributed by atoms with E-state index in [1.807, 2.05) is 36.1 Å². The molecule has 2 aromatic rings. The number of hydrogen-bond acceptors (Lipinski definition) is 4. The van der Waals surface area contributed by atoms with Crippen LogP contribution in [0.4, 0.5) is 0 Å². The van der Waals surface area contributed by atoms with Crippen molar-refractivity contribution >= 4 is 22.8 Å². The molecule has 0 saturated carbocycles. The van der Waals surface area contributed by atoms with Crippen LogP contribution in [-0.4, -0.2) is 48.6 Å². The first kappa shape index (κ1) is 17.1. The molecule has 4 rings (SSSR count). The van der Waals surface area contributed by atoms with Gasteiger partial charge < -0.3 is 19.4 Å². The predicted molar refractivity (Wildman–Crippen MR) is 96.8 cm³/mol. The maximum absolute atomic E-state index is 12.7. The molecular weight excluding hydrogens is 332 g/mol. The zero-order chi connectivity index (χ0) is 18.1. The second-order valence-corrected chi connectivity index (χ2v) is 7.09. The van der Waals surface area contributed by atoms with Gasteiger partial charge in [0.25, 0.3) is 0 Å². The van der Waals surface area contributed by atoms with Gasteiger partial charge in [0.1, 0.15) is 17.4 Å². The largest absolute Gasteiger partial charge is 0.461 e. The first-order valence-electron chi connectivity index (χ1n) is 9.28. The molecule has 1 aromatic carbocycles. The molecule has 3 heterocycles. The molecule has 6 nitrogen and oxygen atoms in total. The van der Waals surface area contributed by atoms with Crippen molar-refractivity contribution in [1.29, 1.82) is 0 Å². The summed E-state index contributed by atoms with van der Waals surface area (Å²) in [5, 5.41) is 3.88. The van der Waals surface area contributed by atoms with Crippen LogP contribution in [0.15, 0.2) is 28.7 Å². The van der Waals surface area contributed by atoms with Crippen molar-refractivity contribution in [2.75, 3.05) is 19.8 Å². The molecule has 1 unspecified atom stereocenters. The van der Waals surface area contributed by atoms with Crippen LogP contribution in [0.1, 0.15) is 30.6 Å². The zero-order valence-electron chi connectivity index (χ0n) is 15.0. The molecule has 6 heteroatoms. The summed E-state index contributed by atoms with van der Waals surface area (Å²) in [4.78, 5) is 27.1. The standard InChI is InChI=1S/C20H24N2O4/c1-13-16(15-4-2-3-5-18(15)26-13)12-19(23)21-17-6-9-22(20(17)24)14-7-10-25-11-8-14/h2-5,14,17H,6-12H2,1H3,(H,21,23). The van der Waals surface area contributed by atoms with E-state index in [1.165, 1.54) is 0 Å². The maximum Gasteiger partial charge on any atom is 0.245 e. The number of carbonyl (C=O) groups is 2. The number of nitrogens with one attached hydrogen (secondary N) is 1. The quantitative estimate of drug-likeness (QED) is 0.911. The lowest BCUT2D eigenvalue weighted by molar-refractivity contribution is -0.135. The average Bonchev–Trinajstić information content (AvgIpc) is 3.16. The number of furan rings is 1. The summed E-state index contributed by atoms with van der Waals surface area (Å²) in [6.45, 7) is 3.99. The van der Waals surface area contributed by atoms with Crippen LogP contribution in [0, 0.1) is 6.92 Å². The molecule has 2 saturated heterocycles. The average molecular weight is 356 g/mol.